The number of sulfone groups is 1. The molecule has 0 aliphatic carbocycles. The molecule has 0 saturated heterocycles. The number of ketones is 1. The Bertz CT molecular complexity index is 1400. The summed E-state index contributed by atoms with van der Waals surface area (Å²) in [7, 11) is -3.34. The highest BCUT2D eigenvalue weighted by molar-refractivity contribution is 7.90. The molecular weight excluding hydrogens is 480 g/mol. The Labute approximate surface area is 210 Å². The lowest BCUT2D eigenvalue weighted by molar-refractivity contribution is -0.140. The van der Waals surface area contributed by atoms with Gasteiger partial charge in [-0.1, -0.05) is 38.1 Å². The molecule has 0 saturated carbocycles. The van der Waals surface area contributed by atoms with Crippen molar-refractivity contribution < 1.29 is 27.9 Å². The van der Waals surface area contributed by atoms with Gasteiger partial charge in [0.1, 0.15) is 6.04 Å². The van der Waals surface area contributed by atoms with Crippen LogP contribution in [0.25, 0.3) is 6.08 Å². The summed E-state index contributed by atoms with van der Waals surface area (Å²) < 4.78 is 25.1. The number of aromatic nitrogens is 1. The monoisotopic (exact) mass is 508 g/mol. The summed E-state index contributed by atoms with van der Waals surface area (Å²) in [6.07, 6.45) is 6.53. The molecule has 1 aromatic heterocycles. The van der Waals surface area contributed by atoms with Gasteiger partial charge in [-0.15, -0.1) is 0 Å². The number of rotatable bonds is 10. The minimum absolute atomic E-state index is 0.149. The lowest BCUT2D eigenvalue weighted by Crippen LogP contribution is -2.44. The molecule has 0 unspecified atom stereocenters. The fourth-order valence-corrected chi connectivity index (χ4v) is 4.24. The van der Waals surface area contributed by atoms with Crippen molar-refractivity contribution in [2.24, 2.45) is 5.92 Å². The number of aliphatic carboxylic acids is 1. The highest BCUT2D eigenvalue weighted by Crippen LogP contribution is 2.16. The lowest BCUT2D eigenvalue weighted by atomic mass is 10.0. The highest BCUT2D eigenvalue weighted by Gasteiger charge is 2.24. The first-order chi connectivity index (χ1) is 17.0. The number of nitrogens with zero attached hydrogens (tertiary/aromatic N) is 1. The second-order valence-corrected chi connectivity index (χ2v) is 10.7. The Kier molecular flexibility index (Phi) is 8.26. The summed E-state index contributed by atoms with van der Waals surface area (Å²) in [6, 6.07) is 15.1. The van der Waals surface area contributed by atoms with Gasteiger partial charge in [0.25, 0.3) is 5.91 Å². The average molecular weight is 509 g/mol. The molecule has 0 radical (unpaired) electrons. The Hall–Kier alpha value is -3.98. The van der Waals surface area contributed by atoms with Crippen LogP contribution in [0.2, 0.25) is 0 Å². The topological polar surface area (TPSA) is 123 Å². The number of carboxylic acid groups (broad SMARTS) is 1. The Morgan fingerprint density at radius 2 is 1.69 bits per heavy atom. The molecule has 3 aromatic rings. The maximum absolute atomic E-state index is 12.9. The highest BCUT2D eigenvalue weighted by atomic mass is 32.2. The minimum Gasteiger partial charge on any atom is -0.480 e. The fraction of sp³-hybridized carbons (Fsp3) is 0.222. The first kappa shape index (κ1) is 26.6. The first-order valence-electron chi connectivity index (χ1n) is 11.3. The molecule has 2 N–H and O–H groups in total. The number of carbonyl (C=O) groups is 3. The smallest absolute Gasteiger partial charge is 0.326 e. The van der Waals surface area contributed by atoms with Crippen LogP contribution in [0.3, 0.4) is 0 Å². The summed E-state index contributed by atoms with van der Waals surface area (Å²) in [5.74, 6) is -2.04. The summed E-state index contributed by atoms with van der Waals surface area (Å²) in [5, 5.41) is 11.9. The van der Waals surface area contributed by atoms with Gasteiger partial charge in [-0.3, -0.25) is 9.59 Å². The lowest BCUT2D eigenvalue weighted by Gasteiger charge is -2.18. The molecule has 8 nitrogen and oxygen atoms in total. The van der Waals surface area contributed by atoms with E-state index in [1.807, 2.05) is 18.2 Å². The second kappa shape index (κ2) is 11.2. The molecule has 3 rings (SSSR count). The van der Waals surface area contributed by atoms with Crippen LogP contribution >= 0.6 is 0 Å². The quantitative estimate of drug-likeness (QED) is 0.403. The molecule has 1 atom stereocenters. The number of hydrogen-bond acceptors (Lipinski definition) is 5. The standard InChI is InChI=1S/C27H28N2O6S/c1-18(2)24(27(32)33)28-26(31)21-9-4-7-19(17-21)8-5-15-29-16-6-10-23(29)25(30)20-11-13-22(14-12-20)36(3,34)35/h4-14,16-18,24H,15H2,1-3H3,(H,28,31)(H,32,33)/b8-5+/t24-/m0/s1. The molecule has 1 amide bonds. The van der Waals surface area contributed by atoms with Crippen molar-refractivity contribution in [1.29, 1.82) is 0 Å². The van der Waals surface area contributed by atoms with Crippen LogP contribution in [0.5, 0.6) is 0 Å². The molecule has 188 valence electrons. The van der Waals surface area contributed by atoms with Crippen molar-refractivity contribution in [3.63, 3.8) is 0 Å². The molecule has 0 aliphatic rings. The van der Waals surface area contributed by atoms with Gasteiger partial charge in [0.15, 0.2) is 9.84 Å². The number of hydrogen-bond donors (Lipinski definition) is 2. The Morgan fingerprint density at radius 3 is 2.31 bits per heavy atom. The zero-order chi connectivity index (χ0) is 26.5. The van der Waals surface area contributed by atoms with Gasteiger partial charge >= 0.3 is 5.97 Å². The van der Waals surface area contributed by atoms with Gasteiger partial charge < -0.3 is 15.0 Å². The van der Waals surface area contributed by atoms with Gasteiger partial charge in [-0.2, -0.15) is 0 Å². The van der Waals surface area contributed by atoms with E-state index in [4.69, 9.17) is 0 Å². The number of amides is 1. The van der Waals surface area contributed by atoms with E-state index in [0.717, 1.165) is 11.8 Å². The van der Waals surface area contributed by atoms with E-state index in [-0.39, 0.29) is 16.6 Å². The SMILES string of the molecule is CC(C)[C@H](NC(=O)c1cccc(/C=C/Cn2cccc2C(=O)c2ccc(S(C)(=O)=O)cc2)c1)C(=O)O. The van der Waals surface area contributed by atoms with E-state index in [0.29, 0.717) is 23.4 Å². The van der Waals surface area contributed by atoms with Crippen molar-refractivity contribution in [2.45, 2.75) is 31.3 Å². The van der Waals surface area contributed by atoms with Gasteiger partial charge in [0.2, 0.25) is 5.78 Å². The van der Waals surface area contributed by atoms with Crippen molar-refractivity contribution in [1.82, 2.24) is 9.88 Å². The third-order valence-corrected chi connectivity index (χ3v) is 6.72. The maximum atomic E-state index is 12.9. The van der Waals surface area contributed by atoms with Crippen molar-refractivity contribution >= 4 is 33.6 Å². The van der Waals surface area contributed by atoms with Crippen LogP contribution in [-0.4, -0.2) is 48.0 Å². The molecule has 0 aliphatic heterocycles. The van der Waals surface area contributed by atoms with Crippen molar-refractivity contribution in [2.75, 3.05) is 6.26 Å². The summed E-state index contributed by atoms with van der Waals surface area (Å²) in [4.78, 5) is 37.0. The predicted molar refractivity (Wildman–Crippen MR) is 137 cm³/mol. The minimum atomic E-state index is -3.34. The molecule has 0 bridgehead atoms. The van der Waals surface area contributed by atoms with E-state index in [9.17, 15) is 27.9 Å². The van der Waals surface area contributed by atoms with E-state index in [2.05, 4.69) is 5.32 Å². The maximum Gasteiger partial charge on any atom is 0.326 e. The molecule has 36 heavy (non-hydrogen) atoms. The van der Waals surface area contributed by atoms with Crippen LogP contribution < -0.4 is 5.32 Å². The largest absolute Gasteiger partial charge is 0.480 e. The van der Waals surface area contributed by atoms with Crippen LogP contribution in [0.1, 0.15) is 45.8 Å². The number of allylic oxidation sites excluding steroid dienone is 1. The average Bonchev–Trinajstić information content (AvgIpc) is 3.29. The number of benzene rings is 2. The molecule has 9 heteroatoms. The zero-order valence-corrected chi connectivity index (χ0v) is 21.0. The van der Waals surface area contributed by atoms with E-state index < -0.39 is 27.8 Å². The number of carboxylic acids is 1. The summed E-state index contributed by atoms with van der Waals surface area (Å²) in [5.41, 5.74) is 1.92. The molecule has 0 spiro atoms. The van der Waals surface area contributed by atoms with Gasteiger partial charge in [0, 0.05) is 30.1 Å². The van der Waals surface area contributed by atoms with Crippen molar-refractivity contribution in [3.8, 4) is 0 Å². The van der Waals surface area contributed by atoms with Gasteiger partial charge in [-0.25, -0.2) is 13.2 Å². The summed E-state index contributed by atoms with van der Waals surface area (Å²) in [6.45, 7) is 3.84. The number of carbonyl (C=O) groups excluding carboxylic acids is 2. The first-order valence-corrected chi connectivity index (χ1v) is 13.2. The van der Waals surface area contributed by atoms with Crippen LogP contribution in [-0.2, 0) is 21.2 Å². The predicted octanol–water partition coefficient (Wildman–Crippen LogP) is 3.68. The fourth-order valence-electron chi connectivity index (χ4n) is 3.60. The van der Waals surface area contributed by atoms with E-state index in [1.54, 1.807) is 54.9 Å². The van der Waals surface area contributed by atoms with Crippen LogP contribution in [0, 0.1) is 5.92 Å². The Balaban J connectivity index is 1.70. The number of nitrogens with one attached hydrogen (secondary N) is 1. The normalized spacial score (nSPS) is 12.6. The molecule has 0 fully saturated rings. The zero-order valence-electron chi connectivity index (χ0n) is 20.2. The van der Waals surface area contributed by atoms with Crippen molar-refractivity contribution in [3.05, 3.63) is 95.3 Å². The third kappa shape index (κ3) is 6.57. The van der Waals surface area contributed by atoms with Gasteiger partial charge in [-0.05, 0) is 60.0 Å². The molecular formula is C27H28N2O6S. The second-order valence-electron chi connectivity index (χ2n) is 8.73. The molecule has 2 aromatic carbocycles. The van der Waals surface area contributed by atoms with E-state index in [1.165, 1.54) is 24.3 Å². The van der Waals surface area contributed by atoms with E-state index >= 15 is 0 Å². The summed E-state index contributed by atoms with van der Waals surface area (Å²) >= 11 is 0. The van der Waals surface area contributed by atoms with Gasteiger partial charge in [0.05, 0.1) is 10.6 Å². The third-order valence-electron chi connectivity index (χ3n) is 5.59. The molecule has 1 heterocycles. The van der Waals surface area contributed by atoms with Crippen LogP contribution in [0.4, 0.5) is 0 Å². The Morgan fingerprint density at radius 1 is 1.00 bits per heavy atom. The van der Waals surface area contributed by atoms with Crippen LogP contribution in [0.15, 0.2) is 77.8 Å².